The van der Waals surface area contributed by atoms with E-state index in [9.17, 15) is 4.79 Å². The average molecular weight is 345 g/mol. The SMILES string of the molecule is C#CCn1c([C@H]2CC(=O)N(c3ccccc3OC)C2)nc2ccccc21. The molecule has 0 unspecified atom stereocenters. The monoisotopic (exact) mass is 345 g/mol. The van der Waals surface area contributed by atoms with E-state index in [0.29, 0.717) is 25.3 Å². The smallest absolute Gasteiger partial charge is 0.227 e. The Morgan fingerprint density at radius 2 is 2.00 bits per heavy atom. The molecular formula is C21H19N3O2. The Balaban J connectivity index is 1.73. The number of carbonyl (C=O) groups excluding carboxylic acids is 1. The number of nitrogens with zero attached hydrogens (tertiary/aromatic N) is 3. The summed E-state index contributed by atoms with van der Waals surface area (Å²) < 4.78 is 7.46. The van der Waals surface area contributed by atoms with Gasteiger partial charge in [0.2, 0.25) is 5.91 Å². The second-order valence-corrected chi connectivity index (χ2v) is 6.33. The number of amides is 1. The quantitative estimate of drug-likeness (QED) is 0.682. The van der Waals surface area contributed by atoms with Gasteiger partial charge in [0.05, 0.1) is 30.4 Å². The molecule has 0 saturated carbocycles. The van der Waals surface area contributed by atoms with Gasteiger partial charge in [-0.25, -0.2) is 4.98 Å². The first-order valence-electron chi connectivity index (χ1n) is 8.55. The summed E-state index contributed by atoms with van der Waals surface area (Å²) in [7, 11) is 1.61. The minimum atomic E-state index is -0.00633. The van der Waals surface area contributed by atoms with Crippen molar-refractivity contribution < 1.29 is 9.53 Å². The average Bonchev–Trinajstić information content (AvgIpc) is 3.23. The van der Waals surface area contributed by atoms with Crippen molar-refractivity contribution in [2.75, 3.05) is 18.6 Å². The number of methoxy groups -OCH3 is 1. The number of benzene rings is 2. The molecule has 0 radical (unpaired) electrons. The van der Waals surface area contributed by atoms with Crippen molar-refractivity contribution in [2.45, 2.75) is 18.9 Å². The zero-order chi connectivity index (χ0) is 18.1. The van der Waals surface area contributed by atoms with Gasteiger partial charge in [-0.15, -0.1) is 6.42 Å². The number of aromatic nitrogens is 2. The first-order chi connectivity index (χ1) is 12.7. The first-order valence-corrected chi connectivity index (χ1v) is 8.55. The van der Waals surface area contributed by atoms with Crippen LogP contribution in [-0.2, 0) is 11.3 Å². The van der Waals surface area contributed by atoms with Gasteiger partial charge in [0, 0.05) is 18.9 Å². The van der Waals surface area contributed by atoms with Crippen LogP contribution >= 0.6 is 0 Å². The zero-order valence-corrected chi connectivity index (χ0v) is 14.6. The highest BCUT2D eigenvalue weighted by molar-refractivity contribution is 5.97. The first kappa shape index (κ1) is 16.2. The van der Waals surface area contributed by atoms with E-state index >= 15 is 0 Å². The highest BCUT2D eigenvalue weighted by Crippen LogP contribution is 2.36. The number of hydrogen-bond acceptors (Lipinski definition) is 3. The van der Waals surface area contributed by atoms with Crippen LogP contribution in [0.2, 0.25) is 0 Å². The van der Waals surface area contributed by atoms with Crippen molar-refractivity contribution >= 4 is 22.6 Å². The lowest BCUT2D eigenvalue weighted by molar-refractivity contribution is -0.117. The van der Waals surface area contributed by atoms with Crippen LogP contribution < -0.4 is 9.64 Å². The number of hydrogen-bond donors (Lipinski definition) is 0. The number of carbonyl (C=O) groups is 1. The van der Waals surface area contributed by atoms with Crippen molar-refractivity contribution in [3.8, 4) is 18.1 Å². The molecular weight excluding hydrogens is 326 g/mol. The Hall–Kier alpha value is -3.26. The van der Waals surface area contributed by atoms with E-state index in [1.54, 1.807) is 12.0 Å². The minimum absolute atomic E-state index is 0.00633. The van der Waals surface area contributed by atoms with Crippen LogP contribution in [-0.4, -0.2) is 29.1 Å². The summed E-state index contributed by atoms with van der Waals surface area (Å²) in [5.41, 5.74) is 2.70. The van der Waals surface area contributed by atoms with E-state index in [-0.39, 0.29) is 11.8 Å². The molecule has 1 aliphatic rings. The van der Waals surface area contributed by atoms with Gasteiger partial charge >= 0.3 is 0 Å². The third kappa shape index (κ3) is 2.60. The Morgan fingerprint density at radius 1 is 1.23 bits per heavy atom. The van der Waals surface area contributed by atoms with Gasteiger partial charge in [0.25, 0.3) is 0 Å². The molecule has 5 heteroatoms. The predicted molar refractivity (Wildman–Crippen MR) is 101 cm³/mol. The van der Waals surface area contributed by atoms with Crippen molar-refractivity contribution in [3.05, 3.63) is 54.4 Å². The van der Waals surface area contributed by atoms with Gasteiger partial charge in [-0.2, -0.15) is 0 Å². The number of terminal acetylenes is 1. The van der Waals surface area contributed by atoms with E-state index in [1.165, 1.54) is 0 Å². The molecule has 3 aromatic rings. The minimum Gasteiger partial charge on any atom is -0.495 e. The third-order valence-electron chi connectivity index (χ3n) is 4.80. The summed E-state index contributed by atoms with van der Waals surface area (Å²) in [5.74, 6) is 4.33. The molecule has 1 aromatic heterocycles. The lowest BCUT2D eigenvalue weighted by atomic mass is 10.1. The Labute approximate surface area is 152 Å². The van der Waals surface area contributed by atoms with Crippen LogP contribution in [0, 0.1) is 12.3 Å². The summed E-state index contributed by atoms with van der Waals surface area (Å²) in [4.78, 5) is 19.3. The van der Waals surface area contributed by atoms with Crippen molar-refractivity contribution in [1.29, 1.82) is 0 Å². The number of rotatable bonds is 4. The molecule has 2 heterocycles. The highest BCUT2D eigenvalue weighted by Gasteiger charge is 2.35. The predicted octanol–water partition coefficient (Wildman–Crippen LogP) is 3.20. The summed E-state index contributed by atoms with van der Waals surface area (Å²) in [6.45, 7) is 1.00. The molecule has 0 spiro atoms. The highest BCUT2D eigenvalue weighted by atomic mass is 16.5. The molecule has 1 aliphatic heterocycles. The van der Waals surface area contributed by atoms with Crippen LogP contribution in [0.4, 0.5) is 5.69 Å². The molecule has 4 rings (SSSR count). The van der Waals surface area contributed by atoms with Gasteiger partial charge in [-0.3, -0.25) is 4.79 Å². The van der Waals surface area contributed by atoms with Crippen LogP contribution in [0.25, 0.3) is 11.0 Å². The van der Waals surface area contributed by atoms with Crippen LogP contribution in [0.1, 0.15) is 18.2 Å². The lowest BCUT2D eigenvalue weighted by Gasteiger charge is -2.19. The Bertz CT molecular complexity index is 1020. The van der Waals surface area contributed by atoms with Gasteiger partial charge < -0.3 is 14.2 Å². The number of imidazole rings is 1. The van der Waals surface area contributed by atoms with E-state index in [0.717, 1.165) is 22.5 Å². The molecule has 1 fully saturated rings. The summed E-state index contributed by atoms with van der Waals surface area (Å²) >= 11 is 0. The molecule has 0 bridgehead atoms. The summed E-state index contributed by atoms with van der Waals surface area (Å²) in [6, 6.07) is 15.5. The van der Waals surface area contributed by atoms with Crippen molar-refractivity contribution in [1.82, 2.24) is 9.55 Å². The molecule has 1 amide bonds. The third-order valence-corrected chi connectivity index (χ3v) is 4.80. The zero-order valence-electron chi connectivity index (χ0n) is 14.6. The number of fused-ring (bicyclic) bond motifs is 1. The maximum absolute atomic E-state index is 12.7. The van der Waals surface area contributed by atoms with E-state index in [1.807, 2.05) is 53.1 Å². The number of para-hydroxylation sites is 4. The largest absolute Gasteiger partial charge is 0.495 e. The topological polar surface area (TPSA) is 47.4 Å². The molecule has 2 aromatic carbocycles. The number of anilines is 1. The molecule has 130 valence electrons. The van der Waals surface area contributed by atoms with Crippen LogP contribution in [0.3, 0.4) is 0 Å². The number of ether oxygens (including phenoxy) is 1. The second kappa shape index (κ2) is 6.57. The fourth-order valence-electron chi connectivity index (χ4n) is 3.63. The van der Waals surface area contributed by atoms with Crippen molar-refractivity contribution in [3.63, 3.8) is 0 Å². The van der Waals surface area contributed by atoms with Gasteiger partial charge in [-0.1, -0.05) is 30.2 Å². The maximum atomic E-state index is 12.7. The van der Waals surface area contributed by atoms with Gasteiger partial charge in [0.15, 0.2) is 0 Å². The fraction of sp³-hybridized carbons (Fsp3) is 0.238. The lowest BCUT2D eigenvalue weighted by Crippen LogP contribution is -2.25. The van der Waals surface area contributed by atoms with E-state index < -0.39 is 0 Å². The maximum Gasteiger partial charge on any atom is 0.227 e. The second-order valence-electron chi connectivity index (χ2n) is 6.33. The summed E-state index contributed by atoms with van der Waals surface area (Å²) in [5, 5.41) is 0. The molecule has 0 N–H and O–H groups in total. The Kier molecular flexibility index (Phi) is 4.10. The standard InChI is InChI=1S/C21H19N3O2/c1-3-12-23-17-9-5-4-8-16(17)22-21(23)15-13-20(25)24(14-15)18-10-6-7-11-19(18)26-2/h1,4-11,15H,12-14H2,2H3/t15-/m0/s1. The molecule has 0 aliphatic carbocycles. The van der Waals surface area contributed by atoms with Crippen LogP contribution in [0.15, 0.2) is 48.5 Å². The van der Waals surface area contributed by atoms with E-state index in [2.05, 4.69) is 5.92 Å². The Morgan fingerprint density at radius 3 is 2.81 bits per heavy atom. The molecule has 26 heavy (non-hydrogen) atoms. The van der Waals surface area contributed by atoms with Gasteiger partial charge in [-0.05, 0) is 24.3 Å². The van der Waals surface area contributed by atoms with Crippen LogP contribution in [0.5, 0.6) is 5.75 Å². The summed E-state index contributed by atoms with van der Waals surface area (Å²) in [6.07, 6.45) is 5.98. The molecule has 1 saturated heterocycles. The molecule has 5 nitrogen and oxygen atoms in total. The van der Waals surface area contributed by atoms with E-state index in [4.69, 9.17) is 16.1 Å². The van der Waals surface area contributed by atoms with Crippen molar-refractivity contribution in [2.24, 2.45) is 0 Å². The molecule has 1 atom stereocenters. The fourth-order valence-corrected chi connectivity index (χ4v) is 3.63. The normalized spacial score (nSPS) is 16.8. The van der Waals surface area contributed by atoms with Gasteiger partial charge in [0.1, 0.15) is 11.6 Å².